The number of allylic oxidation sites excluding steroid dienone is 1. The molecule has 33 heavy (non-hydrogen) atoms. The maximum Gasteiger partial charge on any atom is 0.338 e. The molecule has 1 aliphatic heterocycles. The van der Waals surface area contributed by atoms with E-state index in [0.29, 0.717) is 44.8 Å². The van der Waals surface area contributed by atoms with E-state index in [0.717, 1.165) is 11.1 Å². The summed E-state index contributed by atoms with van der Waals surface area (Å²) in [7, 11) is 1.57. The monoisotopic (exact) mass is 532 g/mol. The Bertz CT molecular complexity index is 1210. The molecule has 10 heteroatoms. The van der Waals surface area contributed by atoms with Crippen LogP contribution >= 0.6 is 27.5 Å². The highest BCUT2D eigenvalue weighted by atomic mass is 79.9. The van der Waals surface area contributed by atoms with Gasteiger partial charge in [0.05, 0.1) is 23.8 Å². The van der Waals surface area contributed by atoms with Crippen molar-refractivity contribution in [3.8, 4) is 11.5 Å². The zero-order valence-electron chi connectivity index (χ0n) is 18.3. The van der Waals surface area contributed by atoms with Crippen LogP contribution in [0.3, 0.4) is 0 Å². The Morgan fingerprint density at radius 3 is 2.73 bits per heavy atom. The molecular weight excluding hydrogens is 512 g/mol. The normalized spacial score (nSPS) is 15.0. The predicted octanol–water partition coefficient (Wildman–Crippen LogP) is 5.13. The number of carbonyl (C=O) groups is 1. The van der Waals surface area contributed by atoms with Crippen LogP contribution in [0, 0.1) is 0 Å². The lowest BCUT2D eigenvalue weighted by Gasteiger charge is -2.28. The molecule has 8 nitrogen and oxygen atoms in total. The Morgan fingerprint density at radius 1 is 1.27 bits per heavy atom. The minimum Gasteiger partial charge on any atom is -0.493 e. The molecule has 0 spiro atoms. The summed E-state index contributed by atoms with van der Waals surface area (Å²) in [5.74, 6) is 1.16. The molecule has 0 amide bonds. The van der Waals surface area contributed by atoms with Gasteiger partial charge in [-0.25, -0.2) is 9.48 Å². The SMILES string of the molecule is CCOC(=O)C1=C(C)Nc2ncnn2C1c1cc(Br)c(OCc2ccc(Cl)cc2)c(OC)c1. The minimum absolute atomic E-state index is 0.261. The van der Waals surface area contributed by atoms with Crippen molar-refractivity contribution in [1.82, 2.24) is 14.8 Å². The molecule has 1 N–H and O–H groups in total. The number of nitrogens with one attached hydrogen (secondary N) is 1. The number of hydrogen-bond acceptors (Lipinski definition) is 7. The molecule has 0 saturated carbocycles. The van der Waals surface area contributed by atoms with E-state index >= 15 is 0 Å². The van der Waals surface area contributed by atoms with Crippen LogP contribution in [-0.4, -0.2) is 34.5 Å². The molecule has 4 rings (SSSR count). The quantitative estimate of drug-likeness (QED) is 0.421. The van der Waals surface area contributed by atoms with Crippen LogP contribution in [-0.2, 0) is 16.1 Å². The summed E-state index contributed by atoms with van der Waals surface area (Å²) in [6.45, 7) is 4.18. The van der Waals surface area contributed by atoms with Crippen molar-refractivity contribution in [3.63, 3.8) is 0 Å². The van der Waals surface area contributed by atoms with Gasteiger partial charge in [0.2, 0.25) is 5.95 Å². The second-order valence-electron chi connectivity index (χ2n) is 7.26. The number of fused-ring (bicyclic) bond motifs is 1. The number of halogens is 2. The fourth-order valence-corrected chi connectivity index (χ4v) is 4.35. The first-order valence-corrected chi connectivity index (χ1v) is 11.4. The van der Waals surface area contributed by atoms with Crippen LogP contribution in [0.5, 0.6) is 11.5 Å². The van der Waals surface area contributed by atoms with E-state index in [1.54, 1.807) is 18.7 Å². The predicted molar refractivity (Wildman–Crippen MR) is 128 cm³/mol. The smallest absolute Gasteiger partial charge is 0.338 e. The number of ether oxygens (including phenoxy) is 3. The number of aromatic nitrogens is 3. The minimum atomic E-state index is -0.557. The highest BCUT2D eigenvalue weighted by molar-refractivity contribution is 9.10. The molecule has 0 aliphatic carbocycles. The van der Waals surface area contributed by atoms with E-state index in [1.807, 2.05) is 43.3 Å². The van der Waals surface area contributed by atoms with Gasteiger partial charge in [-0.15, -0.1) is 0 Å². The summed E-state index contributed by atoms with van der Waals surface area (Å²) in [6.07, 6.45) is 1.44. The molecule has 3 aromatic rings. The lowest BCUT2D eigenvalue weighted by atomic mass is 9.95. The molecule has 0 radical (unpaired) electrons. The van der Waals surface area contributed by atoms with Gasteiger partial charge in [0.15, 0.2) is 11.5 Å². The lowest BCUT2D eigenvalue weighted by molar-refractivity contribution is -0.139. The Kier molecular flexibility index (Phi) is 6.90. The van der Waals surface area contributed by atoms with Gasteiger partial charge in [-0.2, -0.15) is 10.1 Å². The van der Waals surface area contributed by atoms with E-state index in [1.165, 1.54) is 6.33 Å². The maximum absolute atomic E-state index is 12.9. The molecule has 1 unspecified atom stereocenters. The van der Waals surface area contributed by atoms with Crippen LogP contribution in [0.4, 0.5) is 5.95 Å². The standard InChI is InChI=1S/C23H22BrClN4O4/c1-4-32-22(30)19-13(2)28-23-26-12-27-29(23)20(19)15-9-17(24)21(18(10-15)31-3)33-11-14-5-7-16(25)8-6-14/h5-10,12,20H,4,11H2,1-3H3,(H,26,27,28). The molecule has 0 fully saturated rings. The third-order valence-electron chi connectivity index (χ3n) is 5.15. The Balaban J connectivity index is 1.72. The average molecular weight is 534 g/mol. The van der Waals surface area contributed by atoms with Crippen molar-refractivity contribution >= 4 is 39.4 Å². The topological polar surface area (TPSA) is 87.5 Å². The first-order chi connectivity index (χ1) is 15.9. The van der Waals surface area contributed by atoms with Gasteiger partial charge >= 0.3 is 5.97 Å². The second-order valence-corrected chi connectivity index (χ2v) is 8.55. The summed E-state index contributed by atoms with van der Waals surface area (Å²) in [6, 6.07) is 10.6. The number of nitrogens with zero attached hydrogens (tertiary/aromatic N) is 3. The first-order valence-electron chi connectivity index (χ1n) is 10.2. The number of anilines is 1. The number of rotatable bonds is 7. The van der Waals surface area contributed by atoms with E-state index in [-0.39, 0.29) is 6.61 Å². The van der Waals surface area contributed by atoms with Gasteiger partial charge in [0.1, 0.15) is 19.0 Å². The number of methoxy groups -OCH3 is 1. The number of esters is 1. The molecule has 0 bridgehead atoms. The number of benzene rings is 2. The largest absolute Gasteiger partial charge is 0.493 e. The highest BCUT2D eigenvalue weighted by Crippen LogP contribution is 2.43. The number of carbonyl (C=O) groups excluding carboxylic acids is 1. The summed E-state index contributed by atoms with van der Waals surface area (Å²) in [4.78, 5) is 17.1. The Labute approximate surface area is 204 Å². The summed E-state index contributed by atoms with van der Waals surface area (Å²) in [5, 5.41) is 8.12. The van der Waals surface area contributed by atoms with Gasteiger partial charge in [0, 0.05) is 10.7 Å². The fraction of sp³-hybridized carbons (Fsp3) is 0.261. The van der Waals surface area contributed by atoms with Crippen molar-refractivity contribution in [2.75, 3.05) is 19.0 Å². The zero-order chi connectivity index (χ0) is 23.5. The lowest BCUT2D eigenvalue weighted by Crippen LogP contribution is -2.29. The third kappa shape index (κ3) is 4.69. The van der Waals surface area contributed by atoms with E-state index in [2.05, 4.69) is 31.3 Å². The Morgan fingerprint density at radius 2 is 2.03 bits per heavy atom. The van der Waals surface area contributed by atoms with E-state index in [4.69, 9.17) is 25.8 Å². The van der Waals surface area contributed by atoms with Gasteiger partial charge in [0.25, 0.3) is 0 Å². The molecule has 172 valence electrons. The van der Waals surface area contributed by atoms with Crippen LogP contribution in [0.1, 0.15) is 31.0 Å². The van der Waals surface area contributed by atoms with Gasteiger partial charge in [-0.05, 0) is 65.2 Å². The molecule has 1 aliphatic rings. The highest BCUT2D eigenvalue weighted by Gasteiger charge is 2.35. The first kappa shape index (κ1) is 23.1. The van der Waals surface area contributed by atoms with Crippen molar-refractivity contribution in [2.24, 2.45) is 0 Å². The third-order valence-corrected chi connectivity index (χ3v) is 5.99. The van der Waals surface area contributed by atoms with Gasteiger partial charge < -0.3 is 19.5 Å². The summed E-state index contributed by atoms with van der Waals surface area (Å²) < 4.78 is 19.3. The van der Waals surface area contributed by atoms with Crippen molar-refractivity contribution in [2.45, 2.75) is 26.5 Å². The number of hydrogen-bond donors (Lipinski definition) is 1. The molecule has 1 atom stereocenters. The van der Waals surface area contributed by atoms with Crippen molar-refractivity contribution < 1.29 is 19.0 Å². The molecule has 0 saturated heterocycles. The molecule has 1 aromatic heterocycles. The van der Waals surface area contributed by atoms with Crippen LogP contribution < -0.4 is 14.8 Å². The van der Waals surface area contributed by atoms with Crippen LogP contribution in [0.15, 0.2) is 58.5 Å². The zero-order valence-corrected chi connectivity index (χ0v) is 20.6. The summed E-state index contributed by atoms with van der Waals surface area (Å²) in [5.41, 5.74) is 2.81. The molecule has 2 heterocycles. The van der Waals surface area contributed by atoms with Crippen molar-refractivity contribution in [1.29, 1.82) is 0 Å². The fourth-order valence-electron chi connectivity index (χ4n) is 3.65. The van der Waals surface area contributed by atoms with E-state index in [9.17, 15) is 4.79 Å². The molecule has 2 aromatic carbocycles. The molecular formula is C23H22BrClN4O4. The Hall–Kier alpha value is -3.04. The van der Waals surface area contributed by atoms with Gasteiger partial charge in [-0.3, -0.25) is 0 Å². The van der Waals surface area contributed by atoms with E-state index < -0.39 is 12.0 Å². The average Bonchev–Trinajstić information content (AvgIpc) is 3.26. The van der Waals surface area contributed by atoms with Crippen LogP contribution in [0.25, 0.3) is 0 Å². The van der Waals surface area contributed by atoms with Crippen LogP contribution in [0.2, 0.25) is 5.02 Å². The van der Waals surface area contributed by atoms with Crippen molar-refractivity contribution in [3.05, 3.63) is 74.6 Å². The summed E-state index contributed by atoms with van der Waals surface area (Å²) >= 11 is 9.57. The van der Waals surface area contributed by atoms with Gasteiger partial charge in [-0.1, -0.05) is 23.7 Å². The maximum atomic E-state index is 12.9. The second kappa shape index (κ2) is 9.84.